The Bertz CT molecular complexity index is 507. The summed E-state index contributed by atoms with van der Waals surface area (Å²) in [5, 5.41) is 6.82. The number of nitrogens with one attached hydrogen (secondary N) is 2. The normalized spacial score (nSPS) is 17.5. The highest BCUT2D eigenvalue weighted by molar-refractivity contribution is 14.0. The van der Waals surface area contributed by atoms with Crippen molar-refractivity contribution in [1.29, 1.82) is 0 Å². The molecule has 116 valence electrons. The molecule has 1 spiro atoms. The molecule has 0 aromatic heterocycles. The van der Waals surface area contributed by atoms with Crippen LogP contribution < -0.4 is 20.1 Å². The molecule has 0 radical (unpaired) electrons. The summed E-state index contributed by atoms with van der Waals surface area (Å²) in [6, 6.07) is 5.96. The van der Waals surface area contributed by atoms with E-state index in [4.69, 9.17) is 9.47 Å². The van der Waals surface area contributed by atoms with E-state index in [2.05, 4.69) is 15.6 Å². The Morgan fingerprint density at radius 2 is 1.86 bits per heavy atom. The Kier molecular flexibility index (Phi) is 5.18. The Labute approximate surface area is 142 Å². The van der Waals surface area contributed by atoms with Crippen LogP contribution in [0.2, 0.25) is 0 Å². The van der Waals surface area contributed by atoms with E-state index in [1.165, 1.54) is 18.4 Å². The minimum Gasteiger partial charge on any atom is -0.497 e. The number of halogens is 1. The third kappa shape index (κ3) is 3.93. The summed E-state index contributed by atoms with van der Waals surface area (Å²) in [5.41, 5.74) is 1.50. The number of ether oxygens (including phenoxy) is 2. The molecular weight excluding hydrogens is 381 g/mol. The number of rotatable bonds is 5. The van der Waals surface area contributed by atoms with Crippen LogP contribution in [0.5, 0.6) is 11.5 Å². The van der Waals surface area contributed by atoms with Crippen molar-refractivity contribution in [1.82, 2.24) is 10.6 Å². The Hall–Kier alpha value is -1.18. The molecule has 1 aromatic carbocycles. The predicted molar refractivity (Wildman–Crippen MR) is 94.1 cm³/mol. The minimum atomic E-state index is 0. The summed E-state index contributed by atoms with van der Waals surface area (Å²) in [5.74, 6) is 2.59. The first kappa shape index (κ1) is 16.2. The maximum Gasteiger partial charge on any atom is 0.191 e. The van der Waals surface area contributed by atoms with Crippen molar-refractivity contribution in [2.24, 2.45) is 4.99 Å². The van der Waals surface area contributed by atoms with Crippen LogP contribution in [-0.2, 0) is 6.42 Å². The second-order valence-corrected chi connectivity index (χ2v) is 5.47. The van der Waals surface area contributed by atoms with Crippen LogP contribution >= 0.6 is 24.0 Å². The van der Waals surface area contributed by atoms with Crippen molar-refractivity contribution in [2.75, 3.05) is 27.3 Å². The molecule has 6 heteroatoms. The third-order valence-electron chi connectivity index (χ3n) is 3.89. The average Bonchev–Trinajstić information content (AvgIpc) is 3.11. The molecule has 5 nitrogen and oxygen atoms in total. The SMILES string of the molecule is COc1cc(CCNC2=NCC3(CC3)N2)cc(OC)c1.I. The molecule has 3 rings (SSSR count). The van der Waals surface area contributed by atoms with Crippen LogP contribution in [0.15, 0.2) is 23.2 Å². The predicted octanol–water partition coefficient (Wildman–Crippen LogP) is 1.95. The van der Waals surface area contributed by atoms with E-state index in [1.807, 2.05) is 18.2 Å². The van der Waals surface area contributed by atoms with Gasteiger partial charge in [0.15, 0.2) is 5.96 Å². The van der Waals surface area contributed by atoms with Crippen molar-refractivity contribution in [3.63, 3.8) is 0 Å². The fraction of sp³-hybridized carbons (Fsp3) is 0.533. The maximum atomic E-state index is 5.28. The van der Waals surface area contributed by atoms with Crippen LogP contribution in [0.4, 0.5) is 0 Å². The quantitative estimate of drug-likeness (QED) is 0.739. The van der Waals surface area contributed by atoms with Gasteiger partial charge in [-0.15, -0.1) is 24.0 Å². The Morgan fingerprint density at radius 1 is 1.19 bits per heavy atom. The topological polar surface area (TPSA) is 54.9 Å². The molecular formula is C15H22IN3O2. The molecule has 1 aliphatic heterocycles. The molecule has 1 fully saturated rings. The lowest BCUT2D eigenvalue weighted by Gasteiger charge is -2.11. The smallest absolute Gasteiger partial charge is 0.191 e. The van der Waals surface area contributed by atoms with Gasteiger partial charge < -0.3 is 20.1 Å². The van der Waals surface area contributed by atoms with Gasteiger partial charge in [0, 0.05) is 12.6 Å². The van der Waals surface area contributed by atoms with Crippen molar-refractivity contribution in [2.45, 2.75) is 24.8 Å². The number of methoxy groups -OCH3 is 2. The molecule has 2 N–H and O–H groups in total. The van der Waals surface area contributed by atoms with Crippen LogP contribution in [0.1, 0.15) is 18.4 Å². The lowest BCUT2D eigenvalue weighted by Crippen LogP contribution is -2.40. The van der Waals surface area contributed by atoms with Gasteiger partial charge in [-0.2, -0.15) is 0 Å². The van der Waals surface area contributed by atoms with E-state index in [0.717, 1.165) is 37.0 Å². The van der Waals surface area contributed by atoms with Crippen molar-refractivity contribution < 1.29 is 9.47 Å². The van der Waals surface area contributed by atoms with Gasteiger partial charge in [-0.1, -0.05) is 0 Å². The zero-order valence-electron chi connectivity index (χ0n) is 12.4. The second-order valence-electron chi connectivity index (χ2n) is 5.47. The van der Waals surface area contributed by atoms with Crippen molar-refractivity contribution in [3.05, 3.63) is 23.8 Å². The summed E-state index contributed by atoms with van der Waals surface area (Å²) < 4.78 is 10.6. The number of nitrogens with zero attached hydrogens (tertiary/aromatic N) is 1. The minimum absolute atomic E-state index is 0. The lowest BCUT2D eigenvalue weighted by molar-refractivity contribution is 0.393. The van der Waals surface area contributed by atoms with Crippen LogP contribution in [0.3, 0.4) is 0 Å². The number of hydrogen-bond acceptors (Lipinski definition) is 5. The zero-order valence-corrected chi connectivity index (χ0v) is 14.8. The van der Waals surface area contributed by atoms with Gasteiger partial charge in [0.05, 0.1) is 26.3 Å². The molecule has 1 heterocycles. The first-order valence-electron chi connectivity index (χ1n) is 7.01. The van der Waals surface area contributed by atoms with Crippen LogP contribution in [0, 0.1) is 0 Å². The van der Waals surface area contributed by atoms with Gasteiger partial charge in [0.2, 0.25) is 0 Å². The fourth-order valence-corrected chi connectivity index (χ4v) is 2.43. The highest BCUT2D eigenvalue weighted by Gasteiger charge is 2.46. The third-order valence-corrected chi connectivity index (χ3v) is 3.89. The lowest BCUT2D eigenvalue weighted by atomic mass is 10.1. The van der Waals surface area contributed by atoms with E-state index >= 15 is 0 Å². The molecule has 0 amide bonds. The number of aliphatic imine (C=N–C) groups is 1. The van der Waals surface area contributed by atoms with Crippen molar-refractivity contribution in [3.8, 4) is 11.5 Å². The molecule has 0 atom stereocenters. The van der Waals surface area contributed by atoms with Gasteiger partial charge in [0.25, 0.3) is 0 Å². The van der Waals surface area contributed by atoms with Crippen LogP contribution in [0.25, 0.3) is 0 Å². The molecule has 0 unspecified atom stereocenters. The molecule has 0 bridgehead atoms. The molecule has 1 aliphatic carbocycles. The summed E-state index contributed by atoms with van der Waals surface area (Å²) in [7, 11) is 3.34. The first-order valence-corrected chi connectivity index (χ1v) is 7.01. The van der Waals surface area contributed by atoms with Gasteiger partial charge in [-0.3, -0.25) is 4.99 Å². The highest BCUT2D eigenvalue weighted by Crippen LogP contribution is 2.37. The molecule has 21 heavy (non-hydrogen) atoms. The molecule has 0 saturated heterocycles. The van der Waals surface area contributed by atoms with Gasteiger partial charge >= 0.3 is 0 Å². The molecule has 2 aliphatic rings. The number of benzene rings is 1. The summed E-state index contributed by atoms with van der Waals surface area (Å²) in [4.78, 5) is 4.49. The van der Waals surface area contributed by atoms with Crippen molar-refractivity contribution >= 4 is 29.9 Å². The average molecular weight is 403 g/mol. The van der Waals surface area contributed by atoms with E-state index < -0.39 is 0 Å². The monoisotopic (exact) mass is 403 g/mol. The highest BCUT2D eigenvalue weighted by atomic mass is 127. The largest absolute Gasteiger partial charge is 0.497 e. The maximum absolute atomic E-state index is 5.28. The Morgan fingerprint density at radius 3 is 2.38 bits per heavy atom. The van der Waals surface area contributed by atoms with Gasteiger partial charge in [-0.25, -0.2) is 0 Å². The Balaban J connectivity index is 0.00000161. The fourth-order valence-electron chi connectivity index (χ4n) is 2.43. The number of guanidine groups is 1. The summed E-state index contributed by atoms with van der Waals surface area (Å²) >= 11 is 0. The van der Waals surface area contributed by atoms with E-state index in [0.29, 0.717) is 5.54 Å². The van der Waals surface area contributed by atoms with E-state index in [9.17, 15) is 0 Å². The first-order chi connectivity index (χ1) is 9.73. The molecule has 1 saturated carbocycles. The number of hydrogen-bond donors (Lipinski definition) is 2. The van der Waals surface area contributed by atoms with Gasteiger partial charge in [0.1, 0.15) is 11.5 Å². The van der Waals surface area contributed by atoms with Gasteiger partial charge in [-0.05, 0) is 37.0 Å². The standard InChI is InChI=1S/C15H21N3O2.HI/c1-19-12-7-11(8-13(9-12)20-2)3-6-16-14-17-10-15(18-14)4-5-15;/h7-9H,3-6,10H2,1-2H3,(H2,16,17,18);1H. The van der Waals surface area contributed by atoms with Crippen LogP contribution in [-0.4, -0.2) is 38.8 Å². The second kappa shape index (κ2) is 6.72. The summed E-state index contributed by atoms with van der Waals surface area (Å²) in [6.07, 6.45) is 3.39. The summed E-state index contributed by atoms with van der Waals surface area (Å²) in [6.45, 7) is 1.76. The van der Waals surface area contributed by atoms with E-state index in [1.54, 1.807) is 14.2 Å². The zero-order chi connectivity index (χ0) is 14.0. The van der Waals surface area contributed by atoms with E-state index in [-0.39, 0.29) is 24.0 Å². The molecule has 1 aromatic rings.